The summed E-state index contributed by atoms with van der Waals surface area (Å²) in [5, 5.41) is 50.1. The molecule has 6 rings (SSSR count). The van der Waals surface area contributed by atoms with E-state index in [-0.39, 0.29) is 35.7 Å². The SMILES string of the molecule is CC1NC(=O)C2Cc3ccc(O)c(c3)Oc3ccc(cc3)C(O)C(C(=O)N2C)N(C)C(=O)C(C)NC(=O)C(Cc2ccc(O)c(O)c2)N(C)C(=O)C(C)NC1=O. The zero-order valence-corrected chi connectivity index (χ0v) is 31.7. The van der Waals surface area contributed by atoms with E-state index in [0.29, 0.717) is 11.1 Å². The number of nitrogens with zero attached hydrogens (tertiary/aromatic N) is 3. The Labute approximate surface area is 322 Å². The van der Waals surface area contributed by atoms with Crippen LogP contribution in [-0.4, -0.2) is 128 Å². The smallest absolute Gasteiger partial charge is 0.248 e. The first kappa shape index (κ1) is 40.8. The maximum Gasteiger partial charge on any atom is 0.248 e. The summed E-state index contributed by atoms with van der Waals surface area (Å²) in [7, 11) is 3.91. The van der Waals surface area contributed by atoms with Gasteiger partial charge < -0.3 is 55.8 Å². The summed E-state index contributed by atoms with van der Waals surface area (Å²) in [5.74, 6) is -5.46. The van der Waals surface area contributed by atoms with Gasteiger partial charge in [0.15, 0.2) is 23.0 Å². The molecule has 3 aliphatic rings. The summed E-state index contributed by atoms with van der Waals surface area (Å²) < 4.78 is 5.90. The van der Waals surface area contributed by atoms with Gasteiger partial charge in [-0.1, -0.05) is 24.3 Å². The van der Waals surface area contributed by atoms with Crippen molar-refractivity contribution in [2.24, 2.45) is 0 Å². The Morgan fingerprint density at radius 2 is 1.23 bits per heavy atom. The predicted octanol–water partition coefficient (Wildman–Crippen LogP) is 0.437. The highest BCUT2D eigenvalue weighted by molar-refractivity contribution is 5.98. The molecule has 1 saturated heterocycles. The fourth-order valence-corrected chi connectivity index (χ4v) is 6.69. The van der Waals surface area contributed by atoms with Gasteiger partial charge in [-0.3, -0.25) is 28.8 Å². The summed E-state index contributed by atoms with van der Waals surface area (Å²) in [4.78, 5) is 87.1. The number of phenolic OH excluding ortho intramolecular Hbond substituents is 3. The molecule has 56 heavy (non-hydrogen) atoms. The highest BCUT2D eigenvalue weighted by Gasteiger charge is 2.42. The van der Waals surface area contributed by atoms with Crippen LogP contribution in [-0.2, 0) is 41.6 Å². The minimum atomic E-state index is -1.68. The molecule has 17 nitrogen and oxygen atoms in total. The van der Waals surface area contributed by atoms with Gasteiger partial charge >= 0.3 is 0 Å². The van der Waals surface area contributed by atoms with E-state index in [1.165, 1.54) is 103 Å². The first-order valence-corrected chi connectivity index (χ1v) is 17.9. The van der Waals surface area contributed by atoms with E-state index < -0.39 is 89.3 Å². The van der Waals surface area contributed by atoms with Crippen molar-refractivity contribution in [3.63, 3.8) is 0 Å². The van der Waals surface area contributed by atoms with Crippen molar-refractivity contribution in [3.05, 3.63) is 77.4 Å². The van der Waals surface area contributed by atoms with E-state index in [1.807, 2.05) is 0 Å². The van der Waals surface area contributed by atoms with E-state index >= 15 is 0 Å². The lowest BCUT2D eigenvalue weighted by Crippen LogP contribution is -2.62. The van der Waals surface area contributed by atoms with Gasteiger partial charge in [0, 0.05) is 34.0 Å². The summed E-state index contributed by atoms with van der Waals surface area (Å²) in [5.41, 5.74) is 0.982. The number of aromatic hydroxyl groups is 3. The lowest BCUT2D eigenvalue weighted by molar-refractivity contribution is -0.153. The zero-order valence-electron chi connectivity index (χ0n) is 31.7. The van der Waals surface area contributed by atoms with Crippen molar-refractivity contribution in [2.75, 3.05) is 21.1 Å². The van der Waals surface area contributed by atoms with E-state index in [9.17, 15) is 49.2 Å². The number of hydrogen-bond acceptors (Lipinski definition) is 11. The standard InChI is InChI=1S/C39H46N6O11/c1-19-34(50)41-20(2)37(53)43(4)26(15-22-7-13-28(46)30(48)17-22)36(52)42-21(3)38(54)45(6)32-33(49)24-9-11-25(12-10-24)56-31-18-23(8-14-29(31)47)16-27(35(51)40-19)44(5)39(32)55/h7-14,17-21,26-27,32-33,46-49H,15-16H2,1-6H3,(H,40,51)(H,41,50)(H,42,52). The Kier molecular flexibility index (Phi) is 12.1. The van der Waals surface area contributed by atoms with Crippen LogP contribution >= 0.6 is 0 Å². The number of rotatable bonds is 2. The molecule has 1 fully saturated rings. The van der Waals surface area contributed by atoms with Gasteiger partial charge in [-0.25, -0.2) is 0 Å². The summed E-state index contributed by atoms with van der Waals surface area (Å²) >= 11 is 0. The molecule has 3 heterocycles. The third-order valence-electron chi connectivity index (χ3n) is 10.1. The van der Waals surface area contributed by atoms with Gasteiger partial charge in [-0.15, -0.1) is 0 Å². The number of carbonyl (C=O) groups excluding carboxylic acids is 6. The second kappa shape index (κ2) is 16.6. The molecule has 3 aromatic carbocycles. The van der Waals surface area contributed by atoms with Gasteiger partial charge in [-0.05, 0) is 73.9 Å². The van der Waals surface area contributed by atoms with Crippen molar-refractivity contribution < 1.29 is 53.9 Å². The maximum absolute atomic E-state index is 14.6. The van der Waals surface area contributed by atoms with E-state index in [1.54, 1.807) is 0 Å². The van der Waals surface area contributed by atoms with Gasteiger partial charge in [0.2, 0.25) is 35.4 Å². The molecular formula is C39H46N6O11. The molecule has 6 bridgehead atoms. The molecule has 298 valence electrons. The predicted molar refractivity (Wildman–Crippen MR) is 199 cm³/mol. The van der Waals surface area contributed by atoms with Gasteiger partial charge in [0.05, 0.1) is 0 Å². The number of phenols is 3. The number of carbonyl (C=O) groups is 6. The molecule has 17 heteroatoms. The number of aliphatic hydroxyl groups is 1. The average Bonchev–Trinajstić information content (AvgIpc) is 3.16. The molecule has 0 aromatic heterocycles. The van der Waals surface area contributed by atoms with Crippen LogP contribution in [0, 0.1) is 0 Å². The minimum Gasteiger partial charge on any atom is -0.504 e. The van der Waals surface area contributed by atoms with Crippen LogP contribution < -0.4 is 20.7 Å². The molecule has 7 unspecified atom stereocenters. The van der Waals surface area contributed by atoms with Gasteiger partial charge in [-0.2, -0.15) is 0 Å². The molecule has 6 amide bonds. The van der Waals surface area contributed by atoms with E-state index in [4.69, 9.17) is 4.74 Å². The third-order valence-corrected chi connectivity index (χ3v) is 10.1. The molecule has 0 saturated carbocycles. The molecule has 7 atom stereocenters. The number of aliphatic hydroxyl groups excluding tert-OH is 1. The van der Waals surface area contributed by atoms with Crippen molar-refractivity contribution in [2.45, 2.75) is 76.0 Å². The Morgan fingerprint density at radius 3 is 1.88 bits per heavy atom. The topological polar surface area (TPSA) is 238 Å². The Bertz CT molecular complexity index is 2020. The highest BCUT2D eigenvalue weighted by Crippen LogP contribution is 2.34. The van der Waals surface area contributed by atoms with Crippen LogP contribution in [0.1, 0.15) is 43.6 Å². The van der Waals surface area contributed by atoms with E-state index in [2.05, 4.69) is 16.0 Å². The van der Waals surface area contributed by atoms with Crippen molar-refractivity contribution >= 4 is 35.4 Å². The number of fused-ring (bicyclic) bond motifs is 2. The summed E-state index contributed by atoms with van der Waals surface area (Å²) in [6.07, 6.45) is -2.03. The molecule has 3 aromatic rings. The van der Waals surface area contributed by atoms with Crippen LogP contribution in [0.15, 0.2) is 60.7 Å². The number of amides is 6. The van der Waals surface area contributed by atoms with Crippen LogP contribution in [0.4, 0.5) is 0 Å². The Morgan fingerprint density at radius 1 is 0.643 bits per heavy atom. The quantitative estimate of drug-likeness (QED) is 0.176. The Balaban J connectivity index is 1.61. The zero-order chi connectivity index (χ0) is 41.2. The average molecular weight is 775 g/mol. The Hall–Kier alpha value is -6.36. The molecule has 3 aliphatic heterocycles. The van der Waals surface area contributed by atoms with Crippen molar-refractivity contribution in [1.29, 1.82) is 0 Å². The minimum absolute atomic E-state index is 0.0569. The summed E-state index contributed by atoms with van der Waals surface area (Å²) in [6, 6.07) is 6.07. The maximum atomic E-state index is 14.6. The van der Waals surface area contributed by atoms with Crippen LogP contribution in [0.3, 0.4) is 0 Å². The van der Waals surface area contributed by atoms with Crippen LogP contribution in [0.2, 0.25) is 0 Å². The second-order valence-electron chi connectivity index (χ2n) is 14.2. The lowest BCUT2D eigenvalue weighted by atomic mass is 9.96. The normalized spacial score (nSPS) is 25.8. The van der Waals surface area contributed by atoms with Crippen LogP contribution in [0.5, 0.6) is 28.7 Å². The van der Waals surface area contributed by atoms with Gasteiger partial charge in [0.25, 0.3) is 0 Å². The van der Waals surface area contributed by atoms with Crippen LogP contribution in [0.25, 0.3) is 0 Å². The van der Waals surface area contributed by atoms with Crippen molar-refractivity contribution in [1.82, 2.24) is 30.7 Å². The highest BCUT2D eigenvalue weighted by atomic mass is 16.5. The number of hydrogen-bond donors (Lipinski definition) is 7. The first-order chi connectivity index (χ1) is 26.4. The summed E-state index contributed by atoms with van der Waals surface area (Å²) in [6.45, 7) is 4.12. The molecule has 7 N–H and O–H groups in total. The molecule has 0 spiro atoms. The fourth-order valence-electron chi connectivity index (χ4n) is 6.69. The molecular weight excluding hydrogens is 728 g/mol. The van der Waals surface area contributed by atoms with Gasteiger partial charge in [0.1, 0.15) is 48.1 Å². The molecule has 0 radical (unpaired) electrons. The second-order valence-corrected chi connectivity index (χ2v) is 14.2. The number of ether oxygens (including phenoxy) is 1. The number of benzene rings is 3. The lowest BCUT2D eigenvalue weighted by Gasteiger charge is -2.38. The fraction of sp³-hybridized carbons (Fsp3) is 0.385. The monoisotopic (exact) mass is 774 g/mol. The largest absolute Gasteiger partial charge is 0.504 e. The first-order valence-electron chi connectivity index (χ1n) is 17.9. The third kappa shape index (κ3) is 8.62. The van der Waals surface area contributed by atoms with E-state index in [0.717, 1.165) is 14.7 Å². The number of nitrogens with one attached hydrogen (secondary N) is 3. The number of likely N-dealkylation sites (N-methyl/N-ethyl adjacent to an activating group) is 3. The van der Waals surface area contributed by atoms with Crippen molar-refractivity contribution in [3.8, 4) is 28.7 Å². The molecule has 0 aliphatic carbocycles.